The Morgan fingerprint density at radius 1 is 1.91 bits per heavy atom. The third-order valence-electron chi connectivity index (χ3n) is 1.29. The maximum Gasteiger partial charge on any atom is 0.0946 e. The highest BCUT2D eigenvalue weighted by molar-refractivity contribution is 4.96. The molecule has 0 aliphatic carbocycles. The van der Waals surface area contributed by atoms with Crippen LogP contribution in [0.15, 0.2) is 17.6 Å². The summed E-state index contributed by atoms with van der Waals surface area (Å²) in [5.74, 6) is 0. The maximum atomic E-state index is 7.98. The predicted molar refractivity (Wildman–Crippen MR) is 49.4 cm³/mol. The number of hydrogen-bond donors (Lipinski definition) is 0. The molecule has 0 fully saturated rings. The van der Waals surface area contributed by atoms with Crippen LogP contribution in [0.5, 0.6) is 0 Å². The summed E-state index contributed by atoms with van der Waals surface area (Å²) in [6, 6.07) is 0. The van der Waals surface area contributed by atoms with Gasteiger partial charge >= 0.3 is 0 Å². The van der Waals surface area contributed by atoms with E-state index in [1.807, 2.05) is 17.8 Å². The van der Waals surface area contributed by atoms with Gasteiger partial charge in [-0.25, -0.2) is 4.98 Å². The van der Waals surface area contributed by atoms with E-state index in [-0.39, 0.29) is 5.71 Å². The van der Waals surface area contributed by atoms with Crippen LogP contribution in [0.1, 0.15) is 11.4 Å². The molecule has 1 aromatic rings. The van der Waals surface area contributed by atoms with Crippen LogP contribution in [0.25, 0.3) is 10.4 Å². The van der Waals surface area contributed by atoms with Crippen LogP contribution in [-0.4, -0.2) is 16.1 Å². The fourth-order valence-electron chi connectivity index (χ4n) is 0.805. The first kappa shape index (κ1) is 7.63. The van der Waals surface area contributed by atoms with Crippen molar-refractivity contribution in [3.8, 4) is 0 Å². The number of nitrogens with zero attached hydrogens (tertiary/aromatic N) is 5. The van der Waals surface area contributed by atoms with Crippen molar-refractivity contribution < 1.29 is 5.71 Å². The van der Waals surface area contributed by atoms with Gasteiger partial charge in [-0.05, 0) is 12.0 Å². The normalized spacial score (nSPS) is 9.18. The molecule has 5 heteroatoms. The summed E-state index contributed by atoms with van der Waals surface area (Å²) in [5, 5.41) is 3.41. The molecule has 66 valence electrons. The third kappa shape index (κ3) is 2.31. The Hall–Kier alpha value is -1.48. The van der Waals surface area contributed by atoms with Crippen LogP contribution in [0, 0.1) is 0 Å². The molecule has 1 rings (SSSR count). The molecule has 1 aromatic heterocycles. The molecule has 0 saturated carbocycles. The van der Waals surface area contributed by atoms with Crippen LogP contribution in [0.4, 0.5) is 0 Å². The van der Waals surface area contributed by atoms with Gasteiger partial charge in [-0.15, -0.1) is 0 Å². The first-order chi connectivity index (χ1) is 5.33. The number of imidazole rings is 1. The molecule has 0 N–H and O–H groups in total. The zero-order valence-electron chi connectivity index (χ0n) is 6.30. The molecular weight excluding hydrogens is 142 g/mol. The summed E-state index contributed by atoms with van der Waals surface area (Å²) in [4.78, 5) is 6.72. The summed E-state index contributed by atoms with van der Waals surface area (Å²) in [5.41, 5.74) is 8.94. The van der Waals surface area contributed by atoms with Crippen LogP contribution < -0.4 is 0 Å². The summed E-state index contributed by atoms with van der Waals surface area (Å²) < 4.78 is 1.87. The monoisotopic (exact) mass is 159 g/mol. The Kier molecular flexibility index (Phi) is 2.52. The van der Waals surface area contributed by atoms with Crippen molar-refractivity contribution in [3.05, 3.63) is 28.7 Å². The minimum atomic E-state index is 0. The zero-order valence-corrected chi connectivity index (χ0v) is 6.30. The van der Waals surface area contributed by atoms with Crippen molar-refractivity contribution in [1.82, 2.24) is 9.55 Å². The first-order valence-electron chi connectivity index (χ1n) is 3.30. The van der Waals surface area contributed by atoms with Crippen molar-refractivity contribution in [2.45, 2.75) is 6.42 Å². The number of azide groups is 1. The Labute approximate surface area is 70.2 Å². The third-order valence-corrected chi connectivity index (χ3v) is 1.29. The van der Waals surface area contributed by atoms with E-state index in [2.05, 4.69) is 15.0 Å². The highest BCUT2D eigenvalue weighted by Crippen LogP contribution is 1.95. The molecule has 5 nitrogen and oxygen atoms in total. The molecule has 11 heavy (non-hydrogen) atoms. The van der Waals surface area contributed by atoms with E-state index >= 15 is 0 Å². The van der Waals surface area contributed by atoms with Gasteiger partial charge in [0.15, 0.2) is 0 Å². The van der Waals surface area contributed by atoms with Gasteiger partial charge in [0.2, 0.25) is 0 Å². The van der Waals surface area contributed by atoms with E-state index < -0.39 is 0 Å². The van der Waals surface area contributed by atoms with Gasteiger partial charge in [-0.1, -0.05) is 5.11 Å². The lowest BCUT2D eigenvalue weighted by atomic mass is 10.3. The molecule has 0 bridgehead atoms. The lowest BCUT2D eigenvalue weighted by molar-refractivity contribution is 0.904. The van der Waals surface area contributed by atoms with Gasteiger partial charge in [0.05, 0.1) is 12.0 Å². The Balaban J connectivity index is -0.000000151. The van der Waals surface area contributed by atoms with Crippen LogP contribution in [0.3, 0.4) is 0 Å². The van der Waals surface area contributed by atoms with E-state index in [1.165, 1.54) is 0 Å². The van der Waals surface area contributed by atoms with Crippen LogP contribution in [-0.2, 0) is 13.5 Å². The van der Waals surface area contributed by atoms with Gasteiger partial charge in [0.1, 0.15) is 0 Å². The lowest BCUT2D eigenvalue weighted by Gasteiger charge is -1.86. The zero-order chi connectivity index (χ0) is 8.10. The second-order valence-corrected chi connectivity index (χ2v) is 2.23. The Bertz CT molecular complexity index is 283. The number of aromatic nitrogens is 2. The fourth-order valence-corrected chi connectivity index (χ4v) is 0.805. The predicted octanol–water partition coefficient (Wildman–Crippen LogP) is 2.26. The number of hydrogen-bond acceptors (Lipinski definition) is 2. The number of aryl methyl sites for hydroxylation is 1. The van der Waals surface area contributed by atoms with Gasteiger partial charge < -0.3 is 4.57 Å². The van der Waals surface area contributed by atoms with Crippen molar-refractivity contribution in [2.24, 2.45) is 12.2 Å². The largest absolute Gasteiger partial charge is 0.340 e. The van der Waals surface area contributed by atoms with Crippen LogP contribution in [0.2, 0.25) is 0 Å². The van der Waals surface area contributed by atoms with E-state index in [0.717, 1.165) is 5.69 Å². The molecule has 0 saturated heterocycles. The molecule has 0 unspecified atom stereocenters. The highest BCUT2D eigenvalue weighted by Gasteiger charge is 1.93. The molecule has 0 aromatic carbocycles. The van der Waals surface area contributed by atoms with E-state index in [0.29, 0.717) is 13.0 Å². The molecule has 0 radical (unpaired) electrons. The standard InChI is InChI=1S/C6H9N5.4H2/c1-11-4-6(8-5-11)2-3-9-10-7;;;;/h4-5H,2-3H2,1H3;4*1H. The van der Waals surface area contributed by atoms with E-state index in [1.54, 1.807) is 6.33 Å². The van der Waals surface area contributed by atoms with Gasteiger partial charge in [0.25, 0.3) is 0 Å². The average molecular weight is 159 g/mol. The molecule has 0 aliphatic heterocycles. The SMILES string of the molecule is Cn1cnc(CCN=[N+]=[N-])c1.[HH].[HH].[HH].[HH]. The second kappa shape index (κ2) is 3.63. The van der Waals surface area contributed by atoms with Crippen molar-refractivity contribution >= 4 is 0 Å². The summed E-state index contributed by atoms with van der Waals surface area (Å²) in [7, 11) is 1.91. The molecule has 0 amide bonds. The second-order valence-electron chi connectivity index (χ2n) is 2.23. The van der Waals surface area contributed by atoms with Crippen molar-refractivity contribution in [2.75, 3.05) is 6.54 Å². The summed E-state index contributed by atoms with van der Waals surface area (Å²) in [6.45, 7) is 0.480. The molecule has 0 aliphatic rings. The minimum absolute atomic E-state index is 0. The van der Waals surface area contributed by atoms with Gasteiger partial charge in [-0.3, -0.25) is 0 Å². The summed E-state index contributed by atoms with van der Waals surface area (Å²) >= 11 is 0. The van der Waals surface area contributed by atoms with Crippen LogP contribution >= 0.6 is 0 Å². The Morgan fingerprint density at radius 2 is 2.73 bits per heavy atom. The van der Waals surface area contributed by atoms with Crippen molar-refractivity contribution in [3.63, 3.8) is 0 Å². The molecular formula is C6H17N5. The average Bonchev–Trinajstić information content (AvgIpc) is 2.37. The molecule has 1 heterocycles. The van der Waals surface area contributed by atoms with E-state index in [4.69, 9.17) is 5.53 Å². The quantitative estimate of drug-likeness (QED) is 0.379. The number of rotatable bonds is 3. The minimum Gasteiger partial charge on any atom is -0.340 e. The first-order valence-corrected chi connectivity index (χ1v) is 3.30. The Morgan fingerprint density at radius 3 is 3.27 bits per heavy atom. The van der Waals surface area contributed by atoms with Crippen molar-refractivity contribution in [1.29, 1.82) is 0 Å². The van der Waals surface area contributed by atoms with E-state index in [9.17, 15) is 0 Å². The van der Waals surface area contributed by atoms with Gasteiger partial charge in [-0.2, -0.15) is 0 Å². The van der Waals surface area contributed by atoms with Gasteiger partial charge in [0, 0.05) is 30.4 Å². The highest BCUT2D eigenvalue weighted by atomic mass is 15.1. The maximum absolute atomic E-state index is 7.98. The molecule has 0 spiro atoms. The smallest absolute Gasteiger partial charge is 0.0946 e. The lowest BCUT2D eigenvalue weighted by Crippen LogP contribution is -1.87. The summed E-state index contributed by atoms with van der Waals surface area (Å²) in [6.07, 6.45) is 4.35. The molecule has 0 atom stereocenters. The fraction of sp³-hybridized carbons (Fsp3) is 0.500. The topological polar surface area (TPSA) is 66.6 Å².